The summed E-state index contributed by atoms with van der Waals surface area (Å²) in [4.78, 5) is 7.98. The topological polar surface area (TPSA) is 49.8 Å². The van der Waals surface area contributed by atoms with Crippen molar-refractivity contribution in [2.45, 2.75) is 25.4 Å². The monoisotopic (exact) mass is 226 g/mol. The van der Waals surface area contributed by atoms with E-state index in [2.05, 4.69) is 20.6 Å². The molecule has 0 unspecified atom stereocenters. The normalized spacial score (nSPS) is 21.5. The van der Waals surface area contributed by atoms with Gasteiger partial charge in [-0.1, -0.05) is 0 Å². The lowest BCUT2D eigenvalue weighted by Gasteiger charge is -2.23. The Morgan fingerprint density at radius 3 is 3.27 bits per heavy atom. The molecule has 2 N–H and O–H groups in total. The van der Waals surface area contributed by atoms with Crippen LogP contribution < -0.4 is 10.6 Å². The van der Waals surface area contributed by atoms with Gasteiger partial charge in [-0.15, -0.1) is 0 Å². The van der Waals surface area contributed by atoms with Crippen LogP contribution in [0.25, 0.3) is 0 Å². The molecule has 0 bridgehead atoms. The second-order valence-corrected chi connectivity index (χ2v) is 4.08. The minimum atomic E-state index is 0.316. The molecule has 1 aliphatic heterocycles. The van der Waals surface area contributed by atoms with Gasteiger partial charge in [-0.05, 0) is 37.1 Å². The first-order valence-electron chi connectivity index (χ1n) is 5.26. The second kappa shape index (κ2) is 5.39. The van der Waals surface area contributed by atoms with Crippen molar-refractivity contribution >= 4 is 11.6 Å². The number of halogens is 1. The molecule has 0 aromatic carbocycles. The third-order valence-electron chi connectivity index (χ3n) is 2.55. The summed E-state index contributed by atoms with van der Waals surface area (Å²) in [7, 11) is 0. The van der Waals surface area contributed by atoms with Gasteiger partial charge >= 0.3 is 0 Å². The Hall–Kier alpha value is -0.710. The van der Waals surface area contributed by atoms with Crippen LogP contribution in [-0.2, 0) is 6.54 Å². The highest BCUT2D eigenvalue weighted by molar-refractivity contribution is 6.28. The number of piperidine rings is 1. The number of nitrogens with one attached hydrogen (secondary N) is 2. The zero-order valence-corrected chi connectivity index (χ0v) is 9.30. The van der Waals surface area contributed by atoms with E-state index in [9.17, 15) is 0 Å². The van der Waals surface area contributed by atoms with Gasteiger partial charge in [0.05, 0.1) is 5.69 Å². The third kappa shape index (κ3) is 3.41. The van der Waals surface area contributed by atoms with Gasteiger partial charge in [-0.2, -0.15) is 0 Å². The molecular formula is C10H15ClN4. The summed E-state index contributed by atoms with van der Waals surface area (Å²) in [6, 6.07) is 2.43. The molecule has 2 heterocycles. The average Bonchev–Trinajstić information content (AvgIpc) is 2.28. The van der Waals surface area contributed by atoms with E-state index in [-0.39, 0.29) is 0 Å². The number of nitrogens with zero attached hydrogens (tertiary/aromatic N) is 2. The maximum absolute atomic E-state index is 5.70. The standard InChI is InChI=1S/C10H15ClN4/c11-10-13-5-3-9(15-10)7-14-8-2-1-4-12-6-8/h3,5,8,12,14H,1-2,4,6-7H2/t8-/m0/s1. The number of hydrogen-bond donors (Lipinski definition) is 2. The lowest BCUT2D eigenvalue weighted by atomic mass is 10.1. The van der Waals surface area contributed by atoms with Crippen LogP contribution in [0.5, 0.6) is 0 Å². The highest BCUT2D eigenvalue weighted by Crippen LogP contribution is 2.04. The van der Waals surface area contributed by atoms with E-state index >= 15 is 0 Å². The first-order chi connectivity index (χ1) is 7.34. The van der Waals surface area contributed by atoms with Gasteiger partial charge in [0.25, 0.3) is 0 Å². The Bertz CT molecular complexity index is 312. The average molecular weight is 227 g/mol. The molecule has 2 rings (SSSR count). The Balaban J connectivity index is 1.81. The van der Waals surface area contributed by atoms with Gasteiger partial charge in [-0.3, -0.25) is 0 Å². The van der Waals surface area contributed by atoms with Crippen molar-refractivity contribution in [3.63, 3.8) is 0 Å². The number of aromatic nitrogens is 2. The van der Waals surface area contributed by atoms with Crippen LogP contribution in [0, 0.1) is 0 Å². The molecular weight excluding hydrogens is 212 g/mol. The SMILES string of the molecule is Clc1nccc(CN[C@H]2CCCNC2)n1. The summed E-state index contributed by atoms with van der Waals surface area (Å²) in [5.74, 6) is 0. The molecule has 1 aromatic rings. The minimum Gasteiger partial charge on any atom is -0.315 e. The third-order valence-corrected chi connectivity index (χ3v) is 2.73. The van der Waals surface area contributed by atoms with E-state index in [1.165, 1.54) is 12.8 Å². The summed E-state index contributed by atoms with van der Waals surface area (Å²) in [5.41, 5.74) is 0.945. The van der Waals surface area contributed by atoms with E-state index in [0.717, 1.165) is 25.3 Å². The Kier molecular flexibility index (Phi) is 3.88. The summed E-state index contributed by atoms with van der Waals surface area (Å²) < 4.78 is 0. The van der Waals surface area contributed by atoms with Gasteiger partial charge in [0, 0.05) is 25.3 Å². The maximum Gasteiger partial charge on any atom is 0.222 e. The molecule has 1 aromatic heterocycles. The predicted octanol–water partition coefficient (Wildman–Crippen LogP) is 0.972. The lowest BCUT2D eigenvalue weighted by molar-refractivity contribution is 0.387. The highest BCUT2D eigenvalue weighted by atomic mass is 35.5. The Labute approximate surface area is 94.5 Å². The molecule has 1 aliphatic rings. The molecule has 0 radical (unpaired) electrons. The van der Waals surface area contributed by atoms with Gasteiger partial charge in [0.15, 0.2) is 0 Å². The molecule has 15 heavy (non-hydrogen) atoms. The molecule has 0 spiro atoms. The van der Waals surface area contributed by atoms with Crippen LogP contribution in [-0.4, -0.2) is 29.1 Å². The first kappa shape index (κ1) is 10.8. The summed E-state index contributed by atoms with van der Waals surface area (Å²) in [6.45, 7) is 2.94. The number of hydrogen-bond acceptors (Lipinski definition) is 4. The van der Waals surface area contributed by atoms with Gasteiger partial charge < -0.3 is 10.6 Å². The smallest absolute Gasteiger partial charge is 0.222 e. The van der Waals surface area contributed by atoms with Gasteiger partial charge in [0.2, 0.25) is 5.28 Å². The van der Waals surface area contributed by atoms with E-state index in [1.54, 1.807) is 6.20 Å². The van der Waals surface area contributed by atoms with Crippen molar-refractivity contribution in [2.24, 2.45) is 0 Å². The van der Waals surface area contributed by atoms with E-state index in [4.69, 9.17) is 11.6 Å². The minimum absolute atomic E-state index is 0.316. The van der Waals surface area contributed by atoms with Gasteiger partial charge in [0.1, 0.15) is 0 Å². The predicted molar refractivity (Wildman–Crippen MR) is 59.8 cm³/mol. The van der Waals surface area contributed by atoms with Crippen LogP contribution in [0.4, 0.5) is 0 Å². The van der Waals surface area contributed by atoms with Crippen LogP contribution in [0.1, 0.15) is 18.5 Å². The zero-order valence-electron chi connectivity index (χ0n) is 8.54. The van der Waals surface area contributed by atoms with Crippen molar-refractivity contribution in [3.8, 4) is 0 Å². The molecule has 0 amide bonds. The van der Waals surface area contributed by atoms with Crippen molar-refractivity contribution in [2.75, 3.05) is 13.1 Å². The number of rotatable bonds is 3. The van der Waals surface area contributed by atoms with Crippen LogP contribution in [0.2, 0.25) is 5.28 Å². The van der Waals surface area contributed by atoms with E-state index in [1.807, 2.05) is 6.07 Å². The van der Waals surface area contributed by atoms with E-state index < -0.39 is 0 Å². The molecule has 5 heteroatoms. The molecule has 0 saturated carbocycles. The summed E-state index contributed by atoms with van der Waals surface area (Å²) in [5, 5.41) is 7.13. The highest BCUT2D eigenvalue weighted by Gasteiger charge is 2.11. The van der Waals surface area contributed by atoms with Crippen molar-refractivity contribution in [1.29, 1.82) is 0 Å². The zero-order chi connectivity index (χ0) is 10.5. The van der Waals surface area contributed by atoms with Crippen LogP contribution in [0.3, 0.4) is 0 Å². The maximum atomic E-state index is 5.70. The van der Waals surface area contributed by atoms with Crippen LogP contribution >= 0.6 is 11.6 Å². The second-order valence-electron chi connectivity index (χ2n) is 3.74. The summed E-state index contributed by atoms with van der Waals surface area (Å²) in [6.07, 6.45) is 4.15. The van der Waals surface area contributed by atoms with Gasteiger partial charge in [-0.25, -0.2) is 9.97 Å². The lowest BCUT2D eigenvalue weighted by Crippen LogP contribution is -2.42. The molecule has 0 aliphatic carbocycles. The van der Waals surface area contributed by atoms with Crippen molar-refractivity contribution in [3.05, 3.63) is 23.2 Å². The van der Waals surface area contributed by atoms with E-state index in [0.29, 0.717) is 11.3 Å². The largest absolute Gasteiger partial charge is 0.315 e. The Morgan fingerprint density at radius 1 is 1.60 bits per heavy atom. The molecule has 82 valence electrons. The van der Waals surface area contributed by atoms with Crippen LogP contribution in [0.15, 0.2) is 12.3 Å². The fraction of sp³-hybridized carbons (Fsp3) is 0.600. The Morgan fingerprint density at radius 2 is 2.53 bits per heavy atom. The fourth-order valence-corrected chi connectivity index (χ4v) is 1.91. The quantitative estimate of drug-likeness (QED) is 0.755. The summed E-state index contributed by atoms with van der Waals surface area (Å²) >= 11 is 5.70. The molecule has 1 atom stereocenters. The van der Waals surface area contributed by atoms with Crippen molar-refractivity contribution < 1.29 is 0 Å². The molecule has 1 fully saturated rings. The fourth-order valence-electron chi connectivity index (χ4n) is 1.74. The first-order valence-corrected chi connectivity index (χ1v) is 5.64. The molecule has 4 nitrogen and oxygen atoms in total. The van der Waals surface area contributed by atoms with Crippen molar-refractivity contribution in [1.82, 2.24) is 20.6 Å². The molecule has 1 saturated heterocycles.